The van der Waals surface area contributed by atoms with E-state index in [0.717, 1.165) is 42.3 Å². The lowest BCUT2D eigenvalue weighted by Crippen LogP contribution is -2.23. The van der Waals surface area contributed by atoms with Crippen LogP contribution in [0.25, 0.3) is 6.08 Å². The zero-order valence-electron chi connectivity index (χ0n) is 9.89. The van der Waals surface area contributed by atoms with E-state index in [4.69, 9.17) is 11.6 Å². The minimum absolute atomic E-state index is 0.808. The van der Waals surface area contributed by atoms with Crippen LogP contribution in [0.1, 0.15) is 31.2 Å². The number of hydrogen-bond donors (Lipinski definition) is 1. The van der Waals surface area contributed by atoms with Crippen LogP contribution in [0.2, 0.25) is 5.02 Å². The summed E-state index contributed by atoms with van der Waals surface area (Å²) in [6.07, 6.45) is 5.44. The van der Waals surface area contributed by atoms with Crippen molar-refractivity contribution in [3.05, 3.63) is 22.0 Å². The van der Waals surface area contributed by atoms with Crippen molar-refractivity contribution in [2.75, 3.05) is 13.1 Å². The topological polar surface area (TPSA) is 29.9 Å². The molecule has 0 bridgehead atoms. The quantitative estimate of drug-likeness (QED) is 0.859. The van der Waals surface area contributed by atoms with Crippen molar-refractivity contribution in [1.82, 2.24) is 15.1 Å². The van der Waals surface area contributed by atoms with E-state index in [1.807, 2.05) is 11.7 Å². The Balaban J connectivity index is 2.29. The zero-order valence-corrected chi connectivity index (χ0v) is 10.6. The largest absolute Gasteiger partial charge is 0.313 e. The van der Waals surface area contributed by atoms with Gasteiger partial charge >= 0.3 is 0 Å². The molecule has 1 N–H and O–H groups in total. The van der Waals surface area contributed by atoms with Crippen molar-refractivity contribution >= 4 is 17.7 Å². The van der Waals surface area contributed by atoms with Crippen LogP contribution in [0.15, 0.2) is 5.57 Å². The van der Waals surface area contributed by atoms with Gasteiger partial charge in [0, 0.05) is 13.6 Å². The average molecular weight is 240 g/mol. The van der Waals surface area contributed by atoms with Crippen molar-refractivity contribution in [1.29, 1.82) is 0 Å². The monoisotopic (exact) mass is 239 g/mol. The Morgan fingerprint density at radius 3 is 2.94 bits per heavy atom. The van der Waals surface area contributed by atoms with Gasteiger partial charge in [-0.15, -0.1) is 0 Å². The highest BCUT2D eigenvalue weighted by Gasteiger charge is 2.12. The molecule has 88 valence electrons. The summed E-state index contributed by atoms with van der Waals surface area (Å²) < 4.78 is 1.88. The summed E-state index contributed by atoms with van der Waals surface area (Å²) in [6, 6.07) is 0. The fourth-order valence-electron chi connectivity index (χ4n) is 2.05. The molecule has 0 spiro atoms. The van der Waals surface area contributed by atoms with Crippen molar-refractivity contribution in [3.8, 4) is 0 Å². The third-order valence-corrected chi connectivity index (χ3v) is 3.39. The molecule has 16 heavy (non-hydrogen) atoms. The first-order chi connectivity index (χ1) is 7.72. The van der Waals surface area contributed by atoms with E-state index in [-0.39, 0.29) is 0 Å². The van der Waals surface area contributed by atoms with Crippen LogP contribution >= 0.6 is 11.6 Å². The summed E-state index contributed by atoms with van der Waals surface area (Å²) in [5.74, 6) is 0. The predicted octanol–water partition coefficient (Wildman–Crippen LogP) is 2.40. The Labute approximate surface area is 101 Å². The number of rotatable bonds is 2. The van der Waals surface area contributed by atoms with E-state index in [2.05, 4.69) is 23.4 Å². The van der Waals surface area contributed by atoms with Crippen molar-refractivity contribution in [2.45, 2.75) is 26.2 Å². The Hall–Kier alpha value is -0.800. The third kappa shape index (κ3) is 2.30. The number of aryl methyl sites for hydroxylation is 2. The first-order valence-corrected chi connectivity index (χ1v) is 6.21. The van der Waals surface area contributed by atoms with E-state index in [1.54, 1.807) is 0 Å². The van der Waals surface area contributed by atoms with E-state index in [9.17, 15) is 0 Å². The minimum Gasteiger partial charge on any atom is -0.313 e. The highest BCUT2D eigenvalue weighted by atomic mass is 35.5. The van der Waals surface area contributed by atoms with E-state index < -0.39 is 0 Å². The molecule has 4 heteroatoms. The van der Waals surface area contributed by atoms with Gasteiger partial charge < -0.3 is 5.32 Å². The molecule has 1 fully saturated rings. The van der Waals surface area contributed by atoms with Crippen LogP contribution in [-0.4, -0.2) is 22.9 Å². The molecule has 0 aromatic carbocycles. The van der Waals surface area contributed by atoms with Crippen molar-refractivity contribution in [2.24, 2.45) is 7.05 Å². The van der Waals surface area contributed by atoms with Gasteiger partial charge in [0.15, 0.2) is 0 Å². The maximum absolute atomic E-state index is 6.30. The molecule has 1 aromatic heterocycles. The fraction of sp³-hybridized carbons (Fsp3) is 0.583. The molecule has 0 saturated carbocycles. The number of piperidine rings is 1. The number of halogens is 1. The summed E-state index contributed by atoms with van der Waals surface area (Å²) in [5, 5.41) is 8.60. The SMILES string of the molecule is CCc1nn(C)c(C=C2CCCNC2)c1Cl. The molecule has 0 radical (unpaired) electrons. The summed E-state index contributed by atoms with van der Waals surface area (Å²) in [6.45, 7) is 4.17. The normalized spacial score (nSPS) is 19.3. The molecule has 0 amide bonds. The molecule has 1 saturated heterocycles. The number of nitrogens with one attached hydrogen (secondary N) is 1. The fourth-order valence-corrected chi connectivity index (χ4v) is 2.39. The van der Waals surface area contributed by atoms with Crippen LogP contribution in [0.4, 0.5) is 0 Å². The van der Waals surface area contributed by atoms with Gasteiger partial charge in [-0.05, 0) is 31.9 Å². The van der Waals surface area contributed by atoms with Crippen LogP contribution in [0, 0.1) is 0 Å². The molecular formula is C12H18ClN3. The molecular weight excluding hydrogens is 222 g/mol. The predicted molar refractivity (Wildman–Crippen MR) is 67.7 cm³/mol. The molecule has 1 aromatic rings. The lowest BCUT2D eigenvalue weighted by Gasteiger charge is -2.15. The Kier molecular flexibility index (Phi) is 3.66. The Morgan fingerprint density at radius 1 is 1.56 bits per heavy atom. The first-order valence-electron chi connectivity index (χ1n) is 5.84. The highest BCUT2D eigenvalue weighted by molar-refractivity contribution is 6.32. The van der Waals surface area contributed by atoms with Crippen molar-refractivity contribution in [3.63, 3.8) is 0 Å². The zero-order chi connectivity index (χ0) is 11.5. The summed E-state index contributed by atoms with van der Waals surface area (Å²) in [7, 11) is 1.95. The van der Waals surface area contributed by atoms with Gasteiger partial charge in [-0.25, -0.2) is 0 Å². The molecule has 3 nitrogen and oxygen atoms in total. The van der Waals surface area contributed by atoms with Gasteiger partial charge in [-0.3, -0.25) is 4.68 Å². The molecule has 2 rings (SSSR count). The lowest BCUT2D eigenvalue weighted by atomic mass is 10.1. The van der Waals surface area contributed by atoms with E-state index in [0.29, 0.717) is 0 Å². The molecule has 2 heterocycles. The van der Waals surface area contributed by atoms with Crippen LogP contribution in [-0.2, 0) is 13.5 Å². The maximum atomic E-state index is 6.30. The maximum Gasteiger partial charge on any atom is 0.0891 e. The summed E-state index contributed by atoms with van der Waals surface area (Å²) >= 11 is 6.30. The number of aromatic nitrogens is 2. The van der Waals surface area contributed by atoms with Crippen LogP contribution < -0.4 is 5.32 Å². The summed E-state index contributed by atoms with van der Waals surface area (Å²) in [5.41, 5.74) is 3.44. The van der Waals surface area contributed by atoms with E-state index in [1.165, 1.54) is 12.0 Å². The number of nitrogens with zero attached hydrogens (tertiary/aromatic N) is 2. The van der Waals surface area contributed by atoms with Gasteiger partial charge in [0.25, 0.3) is 0 Å². The van der Waals surface area contributed by atoms with Crippen LogP contribution in [0.3, 0.4) is 0 Å². The second-order valence-corrected chi connectivity index (χ2v) is 4.58. The Morgan fingerprint density at radius 2 is 2.38 bits per heavy atom. The molecule has 1 aliphatic heterocycles. The smallest absolute Gasteiger partial charge is 0.0891 e. The van der Waals surface area contributed by atoms with Gasteiger partial charge in [-0.1, -0.05) is 24.1 Å². The van der Waals surface area contributed by atoms with E-state index >= 15 is 0 Å². The minimum atomic E-state index is 0.808. The third-order valence-electron chi connectivity index (χ3n) is 2.98. The highest BCUT2D eigenvalue weighted by Crippen LogP contribution is 2.24. The van der Waals surface area contributed by atoms with Gasteiger partial charge in [0.1, 0.15) is 0 Å². The van der Waals surface area contributed by atoms with Crippen LogP contribution in [0.5, 0.6) is 0 Å². The van der Waals surface area contributed by atoms with Crippen molar-refractivity contribution < 1.29 is 0 Å². The Bertz CT molecular complexity index is 399. The summed E-state index contributed by atoms with van der Waals surface area (Å²) in [4.78, 5) is 0. The molecule has 0 unspecified atom stereocenters. The van der Waals surface area contributed by atoms with Gasteiger partial charge in [0.2, 0.25) is 0 Å². The molecule has 0 atom stereocenters. The second-order valence-electron chi connectivity index (χ2n) is 4.21. The average Bonchev–Trinajstić information content (AvgIpc) is 2.58. The second kappa shape index (κ2) is 5.02. The molecule has 1 aliphatic rings. The standard InChI is InChI=1S/C12H18ClN3/c1-3-10-12(13)11(16(2)15-10)7-9-5-4-6-14-8-9/h7,14H,3-6,8H2,1-2H3. The van der Waals surface area contributed by atoms with Gasteiger partial charge in [-0.2, -0.15) is 5.10 Å². The first kappa shape index (κ1) is 11.7. The van der Waals surface area contributed by atoms with Gasteiger partial charge in [0.05, 0.1) is 16.4 Å². The number of hydrogen-bond acceptors (Lipinski definition) is 2. The lowest BCUT2D eigenvalue weighted by molar-refractivity contribution is 0.612. The molecule has 0 aliphatic carbocycles.